The zero-order valence-corrected chi connectivity index (χ0v) is 11.5. The molecule has 2 atom stereocenters. The monoisotopic (exact) mass is 280 g/mol. The maximum absolute atomic E-state index is 12.5. The van der Waals surface area contributed by atoms with Gasteiger partial charge in [-0.3, -0.25) is 14.4 Å². The summed E-state index contributed by atoms with van der Waals surface area (Å²) in [6.45, 7) is 1.44. The lowest BCUT2D eigenvalue weighted by Gasteiger charge is -2.32. The summed E-state index contributed by atoms with van der Waals surface area (Å²) in [5.41, 5.74) is 0. The van der Waals surface area contributed by atoms with Gasteiger partial charge in [-0.25, -0.2) is 0 Å². The van der Waals surface area contributed by atoms with Crippen molar-refractivity contribution in [2.24, 2.45) is 11.8 Å². The molecule has 2 amide bonds. The fourth-order valence-corrected chi connectivity index (χ4v) is 3.27. The summed E-state index contributed by atoms with van der Waals surface area (Å²) < 4.78 is 0. The fourth-order valence-electron chi connectivity index (χ4n) is 3.27. The summed E-state index contributed by atoms with van der Waals surface area (Å²) in [7, 11) is 0. The van der Waals surface area contributed by atoms with Crippen LogP contribution in [0.4, 0.5) is 0 Å². The van der Waals surface area contributed by atoms with Crippen molar-refractivity contribution in [3.63, 3.8) is 0 Å². The van der Waals surface area contributed by atoms with Crippen molar-refractivity contribution in [2.75, 3.05) is 19.6 Å². The van der Waals surface area contributed by atoms with Crippen LogP contribution in [0.25, 0.3) is 0 Å². The number of aliphatic carboxylic acids is 1. The van der Waals surface area contributed by atoms with Gasteiger partial charge in [-0.2, -0.15) is 0 Å². The highest BCUT2D eigenvalue weighted by atomic mass is 16.4. The third-order valence-electron chi connectivity index (χ3n) is 4.58. The molecule has 3 aliphatic rings. The van der Waals surface area contributed by atoms with Gasteiger partial charge in [0.25, 0.3) is 0 Å². The molecule has 1 aliphatic carbocycles. The Morgan fingerprint density at radius 3 is 2.50 bits per heavy atom. The fraction of sp³-hybridized carbons (Fsp3) is 0.786. The molecule has 6 heteroatoms. The number of likely N-dealkylation sites (tertiary alicyclic amines) is 2. The molecule has 0 aromatic rings. The third kappa shape index (κ3) is 2.51. The summed E-state index contributed by atoms with van der Waals surface area (Å²) in [6.07, 6.45) is 3.77. The maximum Gasteiger partial charge on any atom is 0.308 e. The molecule has 0 bridgehead atoms. The standard InChI is InChI=1S/C14H20N2O4/c17-12-6-10(8-16(12)11-3-4-11)13(18)15-5-1-2-9(7-15)14(19)20/h9-11H,1-8H2,(H,19,20). The van der Waals surface area contributed by atoms with E-state index in [2.05, 4.69) is 0 Å². The van der Waals surface area contributed by atoms with E-state index < -0.39 is 11.9 Å². The number of nitrogens with zero attached hydrogens (tertiary/aromatic N) is 2. The molecule has 1 N–H and O–H groups in total. The predicted octanol–water partition coefficient (Wildman–Crippen LogP) is 0.320. The van der Waals surface area contributed by atoms with Crippen LogP contribution in [-0.4, -0.2) is 58.4 Å². The lowest BCUT2D eigenvalue weighted by molar-refractivity contribution is -0.146. The minimum Gasteiger partial charge on any atom is -0.481 e. The lowest BCUT2D eigenvalue weighted by Crippen LogP contribution is -2.45. The Labute approximate surface area is 117 Å². The van der Waals surface area contributed by atoms with Gasteiger partial charge in [0.05, 0.1) is 11.8 Å². The van der Waals surface area contributed by atoms with Gasteiger partial charge in [-0.15, -0.1) is 0 Å². The van der Waals surface area contributed by atoms with E-state index in [1.54, 1.807) is 4.90 Å². The van der Waals surface area contributed by atoms with Gasteiger partial charge in [-0.1, -0.05) is 0 Å². The molecule has 110 valence electrons. The quantitative estimate of drug-likeness (QED) is 0.807. The van der Waals surface area contributed by atoms with E-state index in [9.17, 15) is 14.4 Å². The van der Waals surface area contributed by atoms with Crippen LogP contribution in [0.2, 0.25) is 0 Å². The van der Waals surface area contributed by atoms with E-state index in [0.29, 0.717) is 38.5 Å². The number of hydrogen-bond donors (Lipinski definition) is 1. The first-order valence-electron chi connectivity index (χ1n) is 7.37. The van der Waals surface area contributed by atoms with Crippen LogP contribution in [0.15, 0.2) is 0 Å². The van der Waals surface area contributed by atoms with Crippen LogP contribution in [-0.2, 0) is 14.4 Å². The number of amides is 2. The molecule has 0 spiro atoms. The summed E-state index contributed by atoms with van der Waals surface area (Å²) in [4.78, 5) is 38.9. The minimum absolute atomic E-state index is 0.0348. The zero-order valence-electron chi connectivity index (χ0n) is 11.5. The number of rotatable bonds is 3. The van der Waals surface area contributed by atoms with E-state index in [4.69, 9.17) is 5.11 Å². The summed E-state index contributed by atoms with van der Waals surface area (Å²) in [5.74, 6) is -1.50. The largest absolute Gasteiger partial charge is 0.481 e. The summed E-state index contributed by atoms with van der Waals surface area (Å²) in [6, 6.07) is 0.355. The second kappa shape index (κ2) is 5.07. The number of carbonyl (C=O) groups is 3. The van der Waals surface area contributed by atoms with Crippen molar-refractivity contribution >= 4 is 17.8 Å². The first-order valence-corrected chi connectivity index (χ1v) is 7.37. The van der Waals surface area contributed by atoms with Crippen LogP contribution in [0.1, 0.15) is 32.1 Å². The second-order valence-electron chi connectivity index (χ2n) is 6.14. The first kappa shape index (κ1) is 13.4. The van der Waals surface area contributed by atoms with Crippen LogP contribution in [0, 0.1) is 11.8 Å². The summed E-state index contributed by atoms with van der Waals surface area (Å²) >= 11 is 0. The van der Waals surface area contributed by atoms with Gasteiger partial charge in [0.15, 0.2) is 0 Å². The normalized spacial score (nSPS) is 30.7. The number of piperidine rings is 1. The van der Waals surface area contributed by atoms with Crippen molar-refractivity contribution in [1.82, 2.24) is 9.80 Å². The van der Waals surface area contributed by atoms with Crippen molar-refractivity contribution in [3.8, 4) is 0 Å². The van der Waals surface area contributed by atoms with Crippen molar-refractivity contribution < 1.29 is 19.5 Å². The van der Waals surface area contributed by atoms with E-state index in [-0.39, 0.29) is 17.7 Å². The van der Waals surface area contributed by atoms with E-state index in [1.165, 1.54) is 0 Å². The molecule has 0 aromatic carbocycles. The third-order valence-corrected chi connectivity index (χ3v) is 4.58. The second-order valence-corrected chi connectivity index (χ2v) is 6.14. The number of carboxylic acid groups (broad SMARTS) is 1. The Morgan fingerprint density at radius 1 is 1.10 bits per heavy atom. The number of hydrogen-bond acceptors (Lipinski definition) is 3. The van der Waals surface area contributed by atoms with Crippen LogP contribution < -0.4 is 0 Å². The Hall–Kier alpha value is -1.59. The highest BCUT2D eigenvalue weighted by Gasteiger charge is 2.43. The van der Waals surface area contributed by atoms with Gasteiger partial charge in [0, 0.05) is 32.1 Å². The van der Waals surface area contributed by atoms with Gasteiger partial charge >= 0.3 is 5.97 Å². The van der Waals surface area contributed by atoms with Gasteiger partial charge < -0.3 is 14.9 Å². The molecule has 0 aromatic heterocycles. The van der Waals surface area contributed by atoms with Gasteiger partial charge in [-0.05, 0) is 25.7 Å². The maximum atomic E-state index is 12.5. The van der Waals surface area contributed by atoms with Crippen molar-refractivity contribution in [1.29, 1.82) is 0 Å². The van der Waals surface area contributed by atoms with E-state index in [1.807, 2.05) is 4.90 Å². The van der Waals surface area contributed by atoms with Gasteiger partial charge in [0.2, 0.25) is 11.8 Å². The molecular formula is C14H20N2O4. The SMILES string of the molecule is O=C(O)C1CCCN(C(=O)C2CC(=O)N(C3CC3)C2)C1. The minimum atomic E-state index is -0.829. The molecule has 6 nitrogen and oxygen atoms in total. The van der Waals surface area contributed by atoms with Crippen LogP contribution in [0.5, 0.6) is 0 Å². The molecule has 3 fully saturated rings. The average molecular weight is 280 g/mol. The molecule has 2 unspecified atom stereocenters. The molecule has 2 saturated heterocycles. The van der Waals surface area contributed by atoms with E-state index >= 15 is 0 Å². The number of carbonyl (C=O) groups excluding carboxylic acids is 2. The molecule has 1 saturated carbocycles. The molecular weight excluding hydrogens is 260 g/mol. The Kier molecular flexibility index (Phi) is 3.40. The lowest BCUT2D eigenvalue weighted by atomic mass is 9.96. The Bertz CT molecular complexity index is 446. The zero-order chi connectivity index (χ0) is 14.3. The Balaban J connectivity index is 1.61. The van der Waals surface area contributed by atoms with Crippen molar-refractivity contribution in [3.05, 3.63) is 0 Å². The first-order chi connectivity index (χ1) is 9.56. The van der Waals surface area contributed by atoms with E-state index in [0.717, 1.165) is 19.3 Å². The van der Waals surface area contributed by atoms with Crippen LogP contribution >= 0.6 is 0 Å². The molecule has 20 heavy (non-hydrogen) atoms. The predicted molar refractivity (Wildman–Crippen MR) is 69.8 cm³/mol. The van der Waals surface area contributed by atoms with Crippen molar-refractivity contribution in [2.45, 2.75) is 38.1 Å². The van der Waals surface area contributed by atoms with Crippen LogP contribution in [0.3, 0.4) is 0 Å². The number of carboxylic acids is 1. The highest BCUT2D eigenvalue weighted by Crippen LogP contribution is 2.33. The van der Waals surface area contributed by atoms with Gasteiger partial charge in [0.1, 0.15) is 0 Å². The molecule has 0 radical (unpaired) electrons. The smallest absolute Gasteiger partial charge is 0.308 e. The Morgan fingerprint density at radius 2 is 1.85 bits per heavy atom. The molecule has 3 rings (SSSR count). The highest BCUT2D eigenvalue weighted by molar-refractivity contribution is 5.90. The molecule has 2 heterocycles. The topological polar surface area (TPSA) is 77.9 Å². The summed E-state index contributed by atoms with van der Waals surface area (Å²) in [5, 5.41) is 9.07. The average Bonchev–Trinajstić information content (AvgIpc) is 3.21. The molecule has 2 aliphatic heterocycles.